The van der Waals surface area contributed by atoms with Crippen LogP contribution in [0.5, 0.6) is 5.75 Å². The summed E-state index contributed by atoms with van der Waals surface area (Å²) < 4.78 is 37.7. The SMILES string of the molecule is COc1ccc(Br)c(C2=C3C=CC=[N+]3[B-](F)(F)n3cccc32)c1. The van der Waals surface area contributed by atoms with Crippen molar-refractivity contribution >= 4 is 34.7 Å². The van der Waals surface area contributed by atoms with E-state index in [0.717, 1.165) is 24.6 Å². The molecule has 0 amide bonds. The molecule has 3 heterocycles. The van der Waals surface area contributed by atoms with E-state index in [1.165, 1.54) is 12.4 Å². The molecule has 2 aliphatic heterocycles. The van der Waals surface area contributed by atoms with E-state index in [2.05, 4.69) is 15.9 Å². The number of rotatable bonds is 2. The molecule has 0 bridgehead atoms. The highest BCUT2D eigenvalue weighted by molar-refractivity contribution is 9.10. The molecule has 23 heavy (non-hydrogen) atoms. The molecule has 0 saturated heterocycles. The predicted octanol–water partition coefficient (Wildman–Crippen LogP) is 3.91. The van der Waals surface area contributed by atoms with Gasteiger partial charge in [-0.1, -0.05) is 15.9 Å². The molecule has 3 nitrogen and oxygen atoms in total. The van der Waals surface area contributed by atoms with Crippen molar-refractivity contribution in [3.05, 3.63) is 70.1 Å². The fourth-order valence-electron chi connectivity index (χ4n) is 3.12. The molecule has 116 valence electrons. The van der Waals surface area contributed by atoms with Crippen molar-refractivity contribution in [3.63, 3.8) is 0 Å². The minimum Gasteiger partial charge on any atom is -0.497 e. The number of nitrogens with zero attached hydrogens (tertiary/aromatic N) is 2. The summed E-state index contributed by atoms with van der Waals surface area (Å²) in [6.07, 6.45) is 6.21. The lowest BCUT2D eigenvalue weighted by Crippen LogP contribution is -2.49. The first kappa shape index (κ1) is 14.4. The van der Waals surface area contributed by atoms with E-state index < -0.39 is 6.97 Å². The first-order chi connectivity index (χ1) is 11.0. The third-order valence-corrected chi connectivity index (χ3v) is 4.87. The van der Waals surface area contributed by atoms with Crippen molar-refractivity contribution in [3.8, 4) is 5.75 Å². The molecule has 4 rings (SSSR count). The number of fused-ring (bicyclic) bond motifs is 2. The zero-order valence-electron chi connectivity index (χ0n) is 12.2. The molecule has 0 fully saturated rings. The molecule has 0 atom stereocenters. The van der Waals surface area contributed by atoms with Crippen LogP contribution >= 0.6 is 15.9 Å². The molecule has 1 aromatic carbocycles. The van der Waals surface area contributed by atoms with Crippen LogP contribution in [0.4, 0.5) is 8.63 Å². The van der Waals surface area contributed by atoms with Gasteiger partial charge >= 0.3 is 6.97 Å². The van der Waals surface area contributed by atoms with Crippen LogP contribution in [0, 0.1) is 0 Å². The molecule has 7 heteroatoms. The molecule has 0 saturated carbocycles. The van der Waals surface area contributed by atoms with Gasteiger partial charge in [0.05, 0.1) is 12.7 Å². The van der Waals surface area contributed by atoms with Gasteiger partial charge in [-0.3, -0.25) is 0 Å². The summed E-state index contributed by atoms with van der Waals surface area (Å²) in [5.74, 6) is 0.676. The topological polar surface area (TPSA) is 17.2 Å². The molecule has 0 spiro atoms. The van der Waals surface area contributed by atoms with Crippen LogP contribution in [0.15, 0.2) is 58.9 Å². The van der Waals surface area contributed by atoms with E-state index in [9.17, 15) is 8.63 Å². The highest BCUT2D eigenvalue weighted by Gasteiger charge is 2.51. The molecule has 2 aliphatic rings. The number of hydrogen-bond acceptors (Lipinski definition) is 1. The molecular formula is C16H12BBrF2N2O. The molecule has 0 aliphatic carbocycles. The fraction of sp³-hybridized carbons (Fsp3) is 0.0625. The Morgan fingerprint density at radius 2 is 2.09 bits per heavy atom. The van der Waals surface area contributed by atoms with Gasteiger partial charge in [-0.25, -0.2) is 0 Å². The van der Waals surface area contributed by atoms with Crippen molar-refractivity contribution in [1.82, 2.24) is 4.48 Å². The molecular weight excluding hydrogens is 365 g/mol. The van der Waals surface area contributed by atoms with Crippen molar-refractivity contribution in [2.45, 2.75) is 0 Å². The van der Waals surface area contributed by atoms with Gasteiger partial charge in [0.2, 0.25) is 0 Å². The largest absolute Gasteiger partial charge is 0.737 e. The fourth-order valence-corrected chi connectivity index (χ4v) is 3.56. The van der Waals surface area contributed by atoms with Crippen LogP contribution in [0.1, 0.15) is 11.3 Å². The first-order valence-corrected chi connectivity index (χ1v) is 7.91. The van der Waals surface area contributed by atoms with E-state index in [4.69, 9.17) is 4.74 Å². The van der Waals surface area contributed by atoms with Gasteiger partial charge in [-0.05, 0) is 36.5 Å². The van der Waals surface area contributed by atoms with Crippen LogP contribution in [0.25, 0.3) is 5.57 Å². The zero-order chi connectivity index (χ0) is 16.2. The lowest BCUT2D eigenvalue weighted by molar-refractivity contribution is -0.356. The summed E-state index contributed by atoms with van der Waals surface area (Å²) in [5.41, 5.74) is 2.56. The number of methoxy groups -OCH3 is 1. The van der Waals surface area contributed by atoms with Gasteiger partial charge in [0.15, 0.2) is 5.70 Å². The van der Waals surface area contributed by atoms with Crippen LogP contribution in [0.3, 0.4) is 0 Å². The third kappa shape index (κ3) is 1.96. The van der Waals surface area contributed by atoms with E-state index in [0.29, 0.717) is 17.1 Å². The van der Waals surface area contributed by atoms with Gasteiger partial charge in [-0.15, -0.1) is 0 Å². The zero-order valence-corrected chi connectivity index (χ0v) is 13.8. The summed E-state index contributed by atoms with van der Waals surface area (Å²) in [5, 5.41) is 0. The summed E-state index contributed by atoms with van der Waals surface area (Å²) >= 11 is 3.53. The average Bonchev–Trinajstić information content (AvgIpc) is 3.19. The Morgan fingerprint density at radius 1 is 1.26 bits per heavy atom. The number of hydrogen-bond donors (Lipinski definition) is 0. The first-order valence-electron chi connectivity index (χ1n) is 7.12. The van der Waals surface area contributed by atoms with E-state index in [-0.39, 0.29) is 0 Å². The van der Waals surface area contributed by atoms with Crippen molar-refractivity contribution in [1.29, 1.82) is 0 Å². The van der Waals surface area contributed by atoms with Crippen LogP contribution < -0.4 is 4.74 Å². The van der Waals surface area contributed by atoms with E-state index in [1.807, 2.05) is 18.2 Å². The van der Waals surface area contributed by atoms with Crippen molar-refractivity contribution in [2.75, 3.05) is 7.11 Å². The van der Waals surface area contributed by atoms with Gasteiger partial charge in [-0.2, -0.15) is 0 Å². The van der Waals surface area contributed by atoms with Crippen LogP contribution in [-0.2, 0) is 0 Å². The van der Waals surface area contributed by atoms with Gasteiger partial charge < -0.3 is 22.3 Å². The number of ether oxygens (including phenoxy) is 1. The van der Waals surface area contributed by atoms with E-state index >= 15 is 0 Å². The van der Waals surface area contributed by atoms with Crippen LogP contribution in [0.2, 0.25) is 0 Å². The Bertz CT molecular complexity index is 915. The Kier molecular flexibility index (Phi) is 3.09. The van der Waals surface area contributed by atoms with Gasteiger partial charge in [0.25, 0.3) is 0 Å². The molecule has 0 N–H and O–H groups in total. The Balaban J connectivity index is 2.06. The Morgan fingerprint density at radius 3 is 2.87 bits per heavy atom. The van der Waals surface area contributed by atoms with Gasteiger partial charge in [0.1, 0.15) is 12.0 Å². The highest BCUT2D eigenvalue weighted by Crippen LogP contribution is 2.41. The Labute approximate surface area is 140 Å². The number of benzene rings is 1. The lowest BCUT2D eigenvalue weighted by Gasteiger charge is -2.31. The summed E-state index contributed by atoms with van der Waals surface area (Å²) in [4.78, 5) is 0. The molecule has 2 aromatic rings. The maximum Gasteiger partial charge on any atom is 0.737 e. The molecule has 0 radical (unpaired) electrons. The minimum atomic E-state index is -3.87. The lowest BCUT2D eigenvalue weighted by atomic mass is 9.86. The minimum absolute atomic E-state index is 0.496. The van der Waals surface area contributed by atoms with Crippen molar-refractivity contribution < 1.29 is 17.9 Å². The number of halogens is 3. The third-order valence-electron chi connectivity index (χ3n) is 4.18. The second-order valence-electron chi connectivity index (χ2n) is 5.41. The summed E-state index contributed by atoms with van der Waals surface area (Å²) in [7, 11) is 1.58. The maximum atomic E-state index is 14.7. The van der Waals surface area contributed by atoms with Crippen LogP contribution in [-0.4, -0.2) is 29.3 Å². The quantitative estimate of drug-likeness (QED) is 0.726. The second kappa shape index (κ2) is 4.93. The standard InChI is InChI=1S/C16H12BBrF2N2O/c1-23-11-6-7-13(18)12(10-11)16-14-4-2-8-21(14)17(19,20)22-9-3-5-15(16)22/h2-10H,1H3. The monoisotopic (exact) mass is 376 g/mol. The smallest absolute Gasteiger partial charge is 0.497 e. The number of aromatic nitrogens is 1. The van der Waals surface area contributed by atoms with E-state index in [1.54, 1.807) is 31.4 Å². The normalized spacial score (nSPS) is 17.8. The highest BCUT2D eigenvalue weighted by atomic mass is 79.9. The summed E-state index contributed by atoms with van der Waals surface area (Å²) in [6.45, 7) is -3.87. The Hall–Kier alpha value is -2.15. The molecule has 0 unspecified atom stereocenters. The second-order valence-corrected chi connectivity index (χ2v) is 6.26. The number of allylic oxidation sites excluding steroid dienone is 2. The summed E-state index contributed by atoms with van der Waals surface area (Å²) in [6, 6.07) is 8.90. The van der Waals surface area contributed by atoms with Crippen molar-refractivity contribution in [2.24, 2.45) is 0 Å². The predicted molar refractivity (Wildman–Crippen MR) is 90.0 cm³/mol. The average molecular weight is 377 g/mol. The van der Waals surface area contributed by atoms with Gasteiger partial charge in [0, 0.05) is 27.9 Å². The molecule has 1 aromatic heterocycles. The maximum absolute atomic E-state index is 14.7.